The fraction of sp³-hybridized carbons (Fsp3) is 0.759. The lowest BCUT2D eigenvalue weighted by molar-refractivity contribution is -0.149. The first-order valence-corrected chi connectivity index (χ1v) is 14.5. The van der Waals surface area contributed by atoms with Crippen molar-refractivity contribution in [1.29, 1.82) is 0 Å². The van der Waals surface area contributed by atoms with Crippen molar-refractivity contribution in [2.24, 2.45) is 5.92 Å². The van der Waals surface area contributed by atoms with Crippen LogP contribution in [0.25, 0.3) is 0 Å². The minimum absolute atomic E-state index is 0.0103. The lowest BCUT2D eigenvalue weighted by Crippen LogP contribution is -2.36. The molecule has 0 saturated carbocycles. The van der Waals surface area contributed by atoms with Gasteiger partial charge >= 0.3 is 5.97 Å². The molecule has 6 atom stereocenters. The van der Waals surface area contributed by atoms with Crippen molar-refractivity contribution in [3.05, 3.63) is 36.2 Å². The zero-order valence-electron chi connectivity index (χ0n) is 23.7. The molecular formula is C29H48N2O8. The highest BCUT2D eigenvalue weighted by Gasteiger charge is 2.30. The van der Waals surface area contributed by atoms with Gasteiger partial charge in [0.25, 0.3) is 0 Å². The Labute approximate surface area is 231 Å². The summed E-state index contributed by atoms with van der Waals surface area (Å²) in [6.45, 7) is 5.91. The smallest absolute Gasteiger partial charge is 0.307 e. The number of carbonyl (C=O) groups is 1. The number of aromatic nitrogens is 2. The highest BCUT2D eigenvalue weighted by Crippen LogP contribution is 2.29. The number of hydrogen-bond donors (Lipinski definition) is 4. The summed E-state index contributed by atoms with van der Waals surface area (Å²) in [5.41, 5.74) is 0.0814. The van der Waals surface area contributed by atoms with E-state index in [0.717, 1.165) is 25.2 Å². The Bertz CT molecular complexity index is 901. The van der Waals surface area contributed by atoms with Crippen molar-refractivity contribution >= 4 is 5.97 Å². The van der Waals surface area contributed by atoms with Crippen LogP contribution in [0.2, 0.25) is 0 Å². The van der Waals surface area contributed by atoms with Crippen LogP contribution in [0.15, 0.2) is 27.7 Å². The van der Waals surface area contributed by atoms with E-state index >= 15 is 0 Å². The maximum Gasteiger partial charge on any atom is 0.307 e. The van der Waals surface area contributed by atoms with Gasteiger partial charge in [-0.25, -0.2) is 9.97 Å². The van der Waals surface area contributed by atoms with Crippen LogP contribution >= 0.6 is 0 Å². The number of nitrogens with zero attached hydrogens (tertiary/aromatic N) is 2. The molecule has 6 unspecified atom stereocenters. The van der Waals surface area contributed by atoms with Crippen molar-refractivity contribution < 1.29 is 38.8 Å². The number of aliphatic hydroxyl groups excluding tert-OH is 4. The summed E-state index contributed by atoms with van der Waals surface area (Å²) < 4.78 is 16.4. The molecule has 0 fully saturated rings. The second-order valence-corrected chi connectivity index (χ2v) is 10.7. The summed E-state index contributed by atoms with van der Waals surface area (Å²) in [5, 5.41) is 39.6. The van der Waals surface area contributed by atoms with Crippen LogP contribution < -0.4 is 0 Å². The van der Waals surface area contributed by atoms with Gasteiger partial charge in [-0.05, 0) is 19.3 Å². The van der Waals surface area contributed by atoms with E-state index in [2.05, 4.69) is 23.8 Å². The Morgan fingerprint density at radius 2 is 1.59 bits per heavy atom. The lowest BCUT2D eigenvalue weighted by Gasteiger charge is -2.21. The molecule has 0 saturated heterocycles. The first kappa shape index (κ1) is 32.9. The standard InChI is InChI=1S/C29H48N2O8/c1-4-20(2)14-12-10-8-6-5-7-9-11-13-15-26(35)39-28(25-17-30-19-38-25)29-31-22(18-37-29)23(33)16-24(34)27(36)21(3)32/h17-21,23-24,27-28,32-34,36H,4-16H2,1-3H3. The molecule has 2 rings (SSSR count). The number of hydrogen-bond acceptors (Lipinski definition) is 10. The van der Waals surface area contributed by atoms with Gasteiger partial charge in [-0.2, -0.15) is 0 Å². The Hall–Kier alpha value is -2.27. The Morgan fingerprint density at radius 3 is 2.18 bits per heavy atom. The van der Waals surface area contributed by atoms with Crippen molar-refractivity contribution in [3.8, 4) is 0 Å². The number of oxazole rings is 2. The zero-order chi connectivity index (χ0) is 28.6. The molecule has 0 aromatic carbocycles. The van der Waals surface area contributed by atoms with Crippen LogP contribution in [0.1, 0.15) is 134 Å². The van der Waals surface area contributed by atoms with Crippen LogP contribution in [0.5, 0.6) is 0 Å². The van der Waals surface area contributed by atoms with Gasteiger partial charge in [0, 0.05) is 12.8 Å². The number of esters is 1. The van der Waals surface area contributed by atoms with Gasteiger partial charge in [0.05, 0.1) is 18.4 Å². The van der Waals surface area contributed by atoms with Crippen molar-refractivity contribution in [3.63, 3.8) is 0 Å². The Kier molecular flexibility index (Phi) is 15.3. The van der Waals surface area contributed by atoms with E-state index < -0.39 is 36.5 Å². The number of unbranched alkanes of at least 4 members (excludes halogenated alkanes) is 8. The molecule has 0 aliphatic carbocycles. The third kappa shape index (κ3) is 12.2. The molecule has 0 aliphatic rings. The van der Waals surface area contributed by atoms with Crippen LogP contribution in [0.3, 0.4) is 0 Å². The SMILES string of the molecule is CCC(C)CCCCCCCCCCCC(=O)OC(c1cnco1)c1nc(C(O)CC(O)C(O)C(C)O)co1. The molecule has 2 aromatic rings. The lowest BCUT2D eigenvalue weighted by atomic mass is 9.99. The summed E-state index contributed by atoms with van der Waals surface area (Å²) in [6.07, 6.45) is 10.4. The van der Waals surface area contributed by atoms with E-state index in [1.165, 1.54) is 77.1 Å². The molecule has 0 amide bonds. The monoisotopic (exact) mass is 552 g/mol. The van der Waals surface area contributed by atoms with Crippen LogP contribution in [-0.4, -0.2) is 54.7 Å². The van der Waals surface area contributed by atoms with Gasteiger partial charge in [-0.1, -0.05) is 78.1 Å². The molecule has 10 nitrogen and oxygen atoms in total. The number of carbonyl (C=O) groups excluding carboxylic acids is 1. The largest absolute Gasteiger partial charge is 0.445 e. The Morgan fingerprint density at radius 1 is 0.949 bits per heavy atom. The Balaban J connectivity index is 1.74. The predicted octanol–water partition coefficient (Wildman–Crippen LogP) is 5.16. The molecule has 2 aromatic heterocycles. The molecule has 2 heterocycles. The molecule has 0 bridgehead atoms. The minimum Gasteiger partial charge on any atom is -0.445 e. The first-order valence-electron chi connectivity index (χ1n) is 14.5. The third-order valence-corrected chi connectivity index (χ3v) is 7.19. The van der Waals surface area contributed by atoms with E-state index in [9.17, 15) is 25.2 Å². The fourth-order valence-electron chi connectivity index (χ4n) is 4.36. The van der Waals surface area contributed by atoms with E-state index in [-0.39, 0.29) is 30.2 Å². The highest BCUT2D eigenvalue weighted by molar-refractivity contribution is 5.69. The zero-order valence-corrected chi connectivity index (χ0v) is 23.7. The predicted molar refractivity (Wildman–Crippen MR) is 144 cm³/mol. The third-order valence-electron chi connectivity index (χ3n) is 7.19. The van der Waals surface area contributed by atoms with Gasteiger partial charge in [0.2, 0.25) is 12.0 Å². The summed E-state index contributed by atoms with van der Waals surface area (Å²) in [7, 11) is 0. The molecular weight excluding hydrogens is 504 g/mol. The van der Waals surface area contributed by atoms with Crippen LogP contribution in [-0.2, 0) is 9.53 Å². The van der Waals surface area contributed by atoms with Crippen LogP contribution in [0.4, 0.5) is 0 Å². The average molecular weight is 553 g/mol. The topological polar surface area (TPSA) is 159 Å². The second kappa shape index (κ2) is 18.1. The van der Waals surface area contributed by atoms with Crippen molar-refractivity contribution in [2.75, 3.05) is 0 Å². The van der Waals surface area contributed by atoms with Gasteiger partial charge in [0.15, 0.2) is 12.2 Å². The fourth-order valence-corrected chi connectivity index (χ4v) is 4.36. The second-order valence-electron chi connectivity index (χ2n) is 10.7. The quantitative estimate of drug-likeness (QED) is 0.120. The minimum atomic E-state index is -1.42. The first-order chi connectivity index (χ1) is 18.7. The summed E-state index contributed by atoms with van der Waals surface area (Å²) in [5.74, 6) is 0.628. The van der Waals surface area contributed by atoms with E-state index in [1.807, 2.05) is 0 Å². The van der Waals surface area contributed by atoms with Crippen molar-refractivity contribution in [2.45, 2.75) is 135 Å². The molecule has 222 valence electrons. The normalized spacial score (nSPS) is 16.4. The van der Waals surface area contributed by atoms with E-state index in [0.29, 0.717) is 0 Å². The molecule has 0 aliphatic heterocycles. The number of ether oxygens (including phenoxy) is 1. The van der Waals surface area contributed by atoms with Gasteiger partial charge in [0.1, 0.15) is 24.2 Å². The van der Waals surface area contributed by atoms with Crippen molar-refractivity contribution in [1.82, 2.24) is 9.97 Å². The summed E-state index contributed by atoms with van der Waals surface area (Å²) in [6, 6.07) is 0. The number of rotatable bonds is 21. The average Bonchev–Trinajstić information content (AvgIpc) is 3.62. The summed E-state index contributed by atoms with van der Waals surface area (Å²) in [4.78, 5) is 20.6. The maximum absolute atomic E-state index is 12.6. The van der Waals surface area contributed by atoms with Gasteiger partial charge in [-0.15, -0.1) is 0 Å². The summed E-state index contributed by atoms with van der Waals surface area (Å²) >= 11 is 0. The molecule has 4 N–H and O–H groups in total. The maximum atomic E-state index is 12.6. The molecule has 0 radical (unpaired) electrons. The van der Waals surface area contributed by atoms with Gasteiger partial charge < -0.3 is 34.0 Å². The number of aliphatic hydroxyl groups is 4. The van der Waals surface area contributed by atoms with E-state index in [1.54, 1.807) is 0 Å². The van der Waals surface area contributed by atoms with Crippen LogP contribution in [0, 0.1) is 5.92 Å². The van der Waals surface area contributed by atoms with E-state index in [4.69, 9.17) is 13.6 Å². The molecule has 0 spiro atoms. The molecule has 10 heteroatoms. The molecule has 39 heavy (non-hydrogen) atoms. The van der Waals surface area contributed by atoms with Gasteiger partial charge in [-0.3, -0.25) is 4.79 Å². The highest BCUT2D eigenvalue weighted by atomic mass is 16.6.